The molecule has 0 aliphatic heterocycles. The van der Waals surface area contributed by atoms with Gasteiger partial charge in [0.25, 0.3) is 0 Å². The Morgan fingerprint density at radius 3 is 2.53 bits per heavy atom. The van der Waals surface area contributed by atoms with E-state index in [1.807, 2.05) is 0 Å². The van der Waals surface area contributed by atoms with Crippen LogP contribution in [0, 0.1) is 11.6 Å². The largest absolute Gasteiger partial charge is 0.488 e. The van der Waals surface area contributed by atoms with Crippen LogP contribution in [-0.4, -0.2) is 22.2 Å². The van der Waals surface area contributed by atoms with Gasteiger partial charge in [0.2, 0.25) is 0 Å². The molecule has 86 valence electrons. The quantitative estimate of drug-likeness (QED) is 0.753. The Morgan fingerprint density at radius 1 is 1.12 bits per heavy atom. The van der Waals surface area contributed by atoms with Gasteiger partial charge >= 0.3 is 7.12 Å². The predicted molar refractivity (Wildman–Crippen MR) is 59.4 cm³/mol. The number of hydrogen-bond donors (Lipinski definition) is 2. The van der Waals surface area contributed by atoms with Crippen LogP contribution in [0.1, 0.15) is 0 Å². The van der Waals surface area contributed by atoms with E-state index in [2.05, 4.69) is 4.98 Å². The summed E-state index contributed by atoms with van der Waals surface area (Å²) in [6.45, 7) is 0. The molecular weight excluding hydrogens is 227 g/mol. The maximum atomic E-state index is 13.4. The highest BCUT2D eigenvalue weighted by molar-refractivity contribution is 6.58. The Balaban J connectivity index is 2.49. The van der Waals surface area contributed by atoms with Crippen molar-refractivity contribution in [3.05, 3.63) is 48.2 Å². The summed E-state index contributed by atoms with van der Waals surface area (Å²) in [6.07, 6.45) is 0.903. The van der Waals surface area contributed by atoms with E-state index in [0.29, 0.717) is 5.56 Å². The maximum absolute atomic E-state index is 13.4. The minimum absolute atomic E-state index is 0.0334. The van der Waals surface area contributed by atoms with Crippen molar-refractivity contribution < 1.29 is 18.8 Å². The van der Waals surface area contributed by atoms with Crippen LogP contribution in [0.15, 0.2) is 36.5 Å². The summed E-state index contributed by atoms with van der Waals surface area (Å²) in [7, 11) is -1.64. The summed E-state index contributed by atoms with van der Waals surface area (Å²) >= 11 is 0. The lowest BCUT2D eigenvalue weighted by Crippen LogP contribution is -2.29. The minimum atomic E-state index is -1.64. The van der Waals surface area contributed by atoms with Crippen molar-refractivity contribution >= 4 is 12.6 Å². The first-order valence-corrected chi connectivity index (χ1v) is 4.85. The van der Waals surface area contributed by atoms with E-state index in [-0.39, 0.29) is 11.2 Å². The van der Waals surface area contributed by atoms with E-state index >= 15 is 0 Å². The molecule has 2 N–H and O–H groups in total. The fraction of sp³-hybridized carbons (Fsp3) is 0. The molecule has 0 unspecified atom stereocenters. The number of benzene rings is 1. The lowest BCUT2D eigenvalue weighted by atomic mass is 9.79. The van der Waals surface area contributed by atoms with Gasteiger partial charge in [0.05, 0.1) is 6.20 Å². The fourth-order valence-corrected chi connectivity index (χ4v) is 1.47. The third kappa shape index (κ3) is 2.48. The van der Waals surface area contributed by atoms with Crippen molar-refractivity contribution in [1.29, 1.82) is 0 Å². The van der Waals surface area contributed by atoms with Gasteiger partial charge in [-0.15, -0.1) is 0 Å². The average molecular weight is 235 g/mol. The smallest absolute Gasteiger partial charge is 0.423 e. The summed E-state index contributed by atoms with van der Waals surface area (Å²) in [5.74, 6) is -1.56. The summed E-state index contributed by atoms with van der Waals surface area (Å²) in [6, 6.07) is 6.68. The van der Waals surface area contributed by atoms with E-state index < -0.39 is 18.8 Å². The summed E-state index contributed by atoms with van der Waals surface area (Å²) in [5.41, 5.74) is 0.537. The lowest BCUT2D eigenvalue weighted by Gasteiger charge is -2.05. The average Bonchev–Trinajstić information content (AvgIpc) is 2.29. The van der Waals surface area contributed by atoms with Gasteiger partial charge in [0.15, 0.2) is 5.82 Å². The second-order valence-electron chi connectivity index (χ2n) is 3.48. The maximum Gasteiger partial charge on any atom is 0.488 e. The molecule has 2 aromatic rings. The standard InChI is InChI=1S/C11H8BF2NO2/c13-9-5-10(14)11(15-6-9)7-2-1-3-8(4-7)12(16)17/h1-6,16-17H. The van der Waals surface area contributed by atoms with E-state index in [0.717, 1.165) is 12.3 Å². The zero-order valence-electron chi connectivity index (χ0n) is 8.64. The second-order valence-corrected chi connectivity index (χ2v) is 3.48. The van der Waals surface area contributed by atoms with Crippen molar-refractivity contribution in [1.82, 2.24) is 4.98 Å². The normalized spacial score (nSPS) is 10.4. The van der Waals surface area contributed by atoms with Gasteiger partial charge in [-0.05, 0) is 5.46 Å². The van der Waals surface area contributed by atoms with Crippen molar-refractivity contribution in [2.75, 3.05) is 0 Å². The molecule has 6 heteroatoms. The van der Waals surface area contributed by atoms with Gasteiger partial charge < -0.3 is 10.0 Å². The molecule has 0 spiro atoms. The molecule has 2 rings (SSSR count). The molecule has 0 fully saturated rings. The summed E-state index contributed by atoms with van der Waals surface area (Å²) in [5, 5.41) is 18.0. The van der Waals surface area contributed by atoms with Crippen LogP contribution in [0.2, 0.25) is 0 Å². The molecule has 0 radical (unpaired) electrons. The molecular formula is C11H8BF2NO2. The number of aromatic nitrogens is 1. The summed E-state index contributed by atoms with van der Waals surface area (Å²) < 4.78 is 26.1. The monoisotopic (exact) mass is 235 g/mol. The highest BCUT2D eigenvalue weighted by Gasteiger charge is 2.13. The molecule has 3 nitrogen and oxygen atoms in total. The first-order valence-electron chi connectivity index (χ1n) is 4.85. The highest BCUT2D eigenvalue weighted by Crippen LogP contribution is 2.19. The molecule has 1 aromatic carbocycles. The van der Waals surface area contributed by atoms with Crippen LogP contribution < -0.4 is 5.46 Å². The molecule has 17 heavy (non-hydrogen) atoms. The zero-order valence-corrected chi connectivity index (χ0v) is 8.64. The Bertz CT molecular complexity index is 549. The molecule has 1 heterocycles. The Hall–Kier alpha value is -1.79. The van der Waals surface area contributed by atoms with E-state index in [1.54, 1.807) is 6.07 Å². The number of hydrogen-bond acceptors (Lipinski definition) is 3. The van der Waals surface area contributed by atoms with Gasteiger partial charge in [0, 0.05) is 11.6 Å². The van der Waals surface area contributed by atoms with Gasteiger partial charge in [-0.2, -0.15) is 0 Å². The molecule has 0 atom stereocenters. The number of pyridine rings is 1. The van der Waals surface area contributed by atoms with Gasteiger partial charge in [-0.3, -0.25) is 4.98 Å². The van der Waals surface area contributed by atoms with Gasteiger partial charge in [-0.25, -0.2) is 8.78 Å². The molecule has 0 aliphatic rings. The number of rotatable bonds is 2. The molecule has 1 aromatic heterocycles. The van der Waals surface area contributed by atoms with E-state index in [1.165, 1.54) is 18.2 Å². The zero-order chi connectivity index (χ0) is 12.4. The third-order valence-electron chi connectivity index (χ3n) is 2.27. The first-order chi connectivity index (χ1) is 8.08. The topological polar surface area (TPSA) is 53.4 Å². The minimum Gasteiger partial charge on any atom is -0.423 e. The molecule has 0 aliphatic carbocycles. The van der Waals surface area contributed by atoms with Crippen LogP contribution >= 0.6 is 0 Å². The van der Waals surface area contributed by atoms with E-state index in [9.17, 15) is 8.78 Å². The van der Waals surface area contributed by atoms with Crippen molar-refractivity contribution in [2.24, 2.45) is 0 Å². The lowest BCUT2D eigenvalue weighted by molar-refractivity contribution is 0.426. The van der Waals surface area contributed by atoms with Gasteiger partial charge in [-0.1, -0.05) is 24.3 Å². The van der Waals surface area contributed by atoms with Crippen LogP contribution in [-0.2, 0) is 0 Å². The Morgan fingerprint density at radius 2 is 1.88 bits per heavy atom. The highest BCUT2D eigenvalue weighted by atomic mass is 19.1. The molecule has 0 bridgehead atoms. The Labute approximate surface area is 96.5 Å². The predicted octanol–water partition coefficient (Wildman–Crippen LogP) is 0.707. The van der Waals surface area contributed by atoms with Crippen LogP contribution in [0.4, 0.5) is 8.78 Å². The van der Waals surface area contributed by atoms with Gasteiger partial charge in [0.1, 0.15) is 11.5 Å². The number of halogens is 2. The van der Waals surface area contributed by atoms with E-state index in [4.69, 9.17) is 10.0 Å². The fourth-order valence-electron chi connectivity index (χ4n) is 1.47. The first kappa shape index (κ1) is 11.7. The third-order valence-corrected chi connectivity index (χ3v) is 2.27. The molecule has 0 saturated carbocycles. The Kier molecular flexibility index (Phi) is 3.17. The van der Waals surface area contributed by atoms with Crippen LogP contribution in [0.5, 0.6) is 0 Å². The molecule has 0 saturated heterocycles. The SMILES string of the molecule is OB(O)c1cccc(-c2ncc(F)cc2F)c1. The molecule has 0 amide bonds. The van der Waals surface area contributed by atoms with Crippen LogP contribution in [0.3, 0.4) is 0 Å². The number of nitrogens with zero attached hydrogens (tertiary/aromatic N) is 1. The summed E-state index contributed by atoms with van der Waals surface area (Å²) in [4.78, 5) is 3.64. The van der Waals surface area contributed by atoms with Crippen molar-refractivity contribution in [2.45, 2.75) is 0 Å². The van der Waals surface area contributed by atoms with Crippen molar-refractivity contribution in [3.8, 4) is 11.3 Å². The van der Waals surface area contributed by atoms with Crippen molar-refractivity contribution in [3.63, 3.8) is 0 Å². The second kappa shape index (κ2) is 4.61. The van der Waals surface area contributed by atoms with Crippen LogP contribution in [0.25, 0.3) is 11.3 Å².